The standard InChI is InChI=1S/C20H30N4O2S2/c1-15-14-24-18(27-15)10-11-22-19(21-5)23-12-13-28(25,26)17-8-6-16(7-9-17)20(2,3)4/h6-9,14H,10-13H2,1-5H3,(H2,21,22,23). The van der Waals surface area contributed by atoms with Crippen LogP contribution in [0.5, 0.6) is 0 Å². The van der Waals surface area contributed by atoms with Crippen molar-refractivity contribution in [1.29, 1.82) is 0 Å². The molecule has 1 aromatic heterocycles. The molecule has 0 amide bonds. The lowest BCUT2D eigenvalue weighted by Crippen LogP contribution is -2.40. The highest BCUT2D eigenvalue weighted by Crippen LogP contribution is 2.23. The molecule has 1 heterocycles. The van der Waals surface area contributed by atoms with E-state index in [0.717, 1.165) is 17.0 Å². The van der Waals surface area contributed by atoms with Crippen molar-refractivity contribution >= 4 is 27.1 Å². The van der Waals surface area contributed by atoms with E-state index >= 15 is 0 Å². The molecular weight excluding hydrogens is 392 g/mol. The van der Waals surface area contributed by atoms with Crippen LogP contribution in [-0.2, 0) is 21.7 Å². The number of nitrogens with zero attached hydrogens (tertiary/aromatic N) is 2. The number of nitrogens with one attached hydrogen (secondary N) is 2. The quantitative estimate of drug-likeness (QED) is 0.529. The Hall–Kier alpha value is -1.93. The Bertz CT molecular complexity index is 895. The van der Waals surface area contributed by atoms with E-state index in [2.05, 4.69) is 41.4 Å². The second kappa shape index (κ2) is 9.52. The van der Waals surface area contributed by atoms with Gasteiger partial charge in [0, 0.05) is 37.6 Å². The van der Waals surface area contributed by atoms with Crippen LogP contribution in [0.1, 0.15) is 36.2 Å². The van der Waals surface area contributed by atoms with Crippen LogP contribution in [0.25, 0.3) is 0 Å². The molecule has 0 saturated heterocycles. The summed E-state index contributed by atoms with van der Waals surface area (Å²) in [7, 11) is -1.67. The molecule has 2 aromatic rings. The molecule has 6 nitrogen and oxygen atoms in total. The van der Waals surface area contributed by atoms with Crippen LogP contribution in [0.4, 0.5) is 0 Å². The maximum atomic E-state index is 12.6. The summed E-state index contributed by atoms with van der Waals surface area (Å²) in [6, 6.07) is 7.17. The number of guanidine groups is 1. The van der Waals surface area contributed by atoms with Crippen molar-refractivity contribution in [2.45, 2.75) is 44.4 Å². The largest absolute Gasteiger partial charge is 0.356 e. The molecule has 2 rings (SSSR count). The van der Waals surface area contributed by atoms with E-state index in [4.69, 9.17) is 0 Å². The zero-order chi connectivity index (χ0) is 20.8. The Morgan fingerprint density at radius 3 is 2.32 bits per heavy atom. The molecule has 0 fully saturated rings. The third-order valence-corrected chi connectivity index (χ3v) is 6.97. The first-order valence-corrected chi connectivity index (χ1v) is 11.8. The summed E-state index contributed by atoms with van der Waals surface area (Å²) in [5.41, 5.74) is 1.11. The Morgan fingerprint density at radius 2 is 1.79 bits per heavy atom. The van der Waals surface area contributed by atoms with Gasteiger partial charge in [0.15, 0.2) is 15.8 Å². The van der Waals surface area contributed by atoms with E-state index in [0.29, 0.717) is 23.9 Å². The molecule has 0 atom stereocenters. The molecule has 0 bridgehead atoms. The van der Waals surface area contributed by atoms with Crippen molar-refractivity contribution in [1.82, 2.24) is 15.6 Å². The van der Waals surface area contributed by atoms with E-state index in [9.17, 15) is 8.42 Å². The Kier molecular flexibility index (Phi) is 7.60. The molecular formula is C20H30N4O2S2. The van der Waals surface area contributed by atoms with Gasteiger partial charge in [0.1, 0.15) is 0 Å². The van der Waals surface area contributed by atoms with E-state index < -0.39 is 9.84 Å². The smallest absolute Gasteiger partial charge is 0.191 e. The van der Waals surface area contributed by atoms with Gasteiger partial charge in [0.05, 0.1) is 15.7 Å². The maximum absolute atomic E-state index is 12.6. The Balaban J connectivity index is 1.82. The molecule has 0 aliphatic heterocycles. The number of thiazole rings is 1. The number of aliphatic imine (C=N–C) groups is 1. The molecule has 0 aliphatic carbocycles. The maximum Gasteiger partial charge on any atom is 0.191 e. The van der Waals surface area contributed by atoms with Crippen molar-refractivity contribution in [3.63, 3.8) is 0 Å². The lowest BCUT2D eigenvalue weighted by atomic mass is 9.87. The molecule has 0 spiro atoms. The van der Waals surface area contributed by atoms with Gasteiger partial charge >= 0.3 is 0 Å². The molecule has 0 unspecified atom stereocenters. The highest BCUT2D eigenvalue weighted by molar-refractivity contribution is 7.91. The van der Waals surface area contributed by atoms with Crippen LogP contribution in [0.15, 0.2) is 40.4 Å². The minimum atomic E-state index is -3.34. The van der Waals surface area contributed by atoms with Gasteiger partial charge in [-0.2, -0.15) is 0 Å². The number of aryl methyl sites for hydroxylation is 1. The molecule has 2 N–H and O–H groups in total. The molecule has 0 saturated carbocycles. The third kappa shape index (κ3) is 6.60. The van der Waals surface area contributed by atoms with Crippen LogP contribution in [-0.4, -0.2) is 45.3 Å². The van der Waals surface area contributed by atoms with E-state index in [1.54, 1.807) is 30.5 Å². The van der Waals surface area contributed by atoms with Crippen molar-refractivity contribution in [2.24, 2.45) is 4.99 Å². The third-order valence-electron chi connectivity index (χ3n) is 4.27. The molecule has 28 heavy (non-hydrogen) atoms. The fourth-order valence-electron chi connectivity index (χ4n) is 2.61. The Morgan fingerprint density at radius 1 is 1.14 bits per heavy atom. The summed E-state index contributed by atoms with van der Waals surface area (Å²) in [5, 5.41) is 7.32. The molecule has 8 heteroatoms. The summed E-state index contributed by atoms with van der Waals surface area (Å²) >= 11 is 1.68. The van der Waals surface area contributed by atoms with Gasteiger partial charge in [-0.25, -0.2) is 13.4 Å². The predicted molar refractivity (Wildman–Crippen MR) is 117 cm³/mol. The SMILES string of the molecule is CN=C(NCCc1ncc(C)s1)NCCS(=O)(=O)c1ccc(C(C)(C)C)cc1. The minimum Gasteiger partial charge on any atom is -0.356 e. The zero-order valence-electron chi connectivity index (χ0n) is 17.2. The zero-order valence-corrected chi connectivity index (χ0v) is 18.9. The summed E-state index contributed by atoms with van der Waals surface area (Å²) in [4.78, 5) is 10.0. The van der Waals surface area contributed by atoms with Crippen LogP contribution in [0.3, 0.4) is 0 Å². The summed E-state index contributed by atoms with van der Waals surface area (Å²) in [6.07, 6.45) is 2.67. The fraction of sp³-hybridized carbons (Fsp3) is 0.500. The highest BCUT2D eigenvalue weighted by Gasteiger charge is 2.17. The summed E-state index contributed by atoms with van der Waals surface area (Å²) in [6.45, 7) is 9.33. The predicted octanol–water partition coefficient (Wildman–Crippen LogP) is 2.93. The van der Waals surface area contributed by atoms with Gasteiger partial charge < -0.3 is 10.6 Å². The van der Waals surface area contributed by atoms with Gasteiger partial charge in [-0.05, 0) is 30.0 Å². The summed E-state index contributed by atoms with van der Waals surface area (Å²) < 4.78 is 25.1. The lowest BCUT2D eigenvalue weighted by molar-refractivity contribution is 0.586. The normalized spacial score (nSPS) is 12.8. The second-order valence-electron chi connectivity index (χ2n) is 7.63. The summed E-state index contributed by atoms with van der Waals surface area (Å²) in [5.74, 6) is 0.598. The van der Waals surface area contributed by atoms with Gasteiger partial charge in [0.2, 0.25) is 0 Å². The van der Waals surface area contributed by atoms with Crippen molar-refractivity contribution in [3.8, 4) is 0 Å². The van der Waals surface area contributed by atoms with Crippen molar-refractivity contribution in [2.75, 3.05) is 25.9 Å². The van der Waals surface area contributed by atoms with Crippen LogP contribution in [0.2, 0.25) is 0 Å². The van der Waals surface area contributed by atoms with Gasteiger partial charge in [-0.1, -0.05) is 32.9 Å². The first-order chi connectivity index (χ1) is 13.1. The first kappa shape index (κ1) is 22.4. The molecule has 0 radical (unpaired) electrons. The van der Waals surface area contributed by atoms with E-state index in [1.165, 1.54) is 4.88 Å². The second-order valence-corrected chi connectivity index (χ2v) is 11.1. The van der Waals surface area contributed by atoms with Crippen molar-refractivity contribution in [3.05, 3.63) is 45.9 Å². The monoisotopic (exact) mass is 422 g/mol. The first-order valence-electron chi connectivity index (χ1n) is 9.31. The van der Waals surface area contributed by atoms with Crippen LogP contribution < -0.4 is 10.6 Å². The van der Waals surface area contributed by atoms with Gasteiger partial charge in [-0.15, -0.1) is 11.3 Å². The number of hydrogen-bond acceptors (Lipinski definition) is 5. The fourth-order valence-corrected chi connectivity index (χ4v) is 4.55. The van der Waals surface area contributed by atoms with Crippen LogP contribution in [0, 0.1) is 6.92 Å². The van der Waals surface area contributed by atoms with E-state index in [1.807, 2.05) is 25.3 Å². The topological polar surface area (TPSA) is 83.4 Å². The highest BCUT2D eigenvalue weighted by atomic mass is 32.2. The number of benzene rings is 1. The number of sulfone groups is 1. The van der Waals surface area contributed by atoms with Crippen LogP contribution >= 0.6 is 11.3 Å². The number of hydrogen-bond donors (Lipinski definition) is 2. The van der Waals surface area contributed by atoms with E-state index in [-0.39, 0.29) is 11.2 Å². The minimum absolute atomic E-state index is 0.000657. The number of aromatic nitrogens is 1. The lowest BCUT2D eigenvalue weighted by Gasteiger charge is -2.19. The molecule has 1 aromatic carbocycles. The average molecular weight is 423 g/mol. The Labute approximate surface area is 172 Å². The average Bonchev–Trinajstić information content (AvgIpc) is 3.05. The van der Waals surface area contributed by atoms with Gasteiger partial charge in [0.25, 0.3) is 0 Å². The molecule has 154 valence electrons. The van der Waals surface area contributed by atoms with Gasteiger partial charge in [-0.3, -0.25) is 4.99 Å². The molecule has 0 aliphatic rings. The van der Waals surface area contributed by atoms with Crippen molar-refractivity contribution < 1.29 is 8.42 Å². The number of rotatable bonds is 7.